The van der Waals surface area contributed by atoms with E-state index in [1.54, 1.807) is 0 Å². The van der Waals surface area contributed by atoms with Crippen molar-refractivity contribution in [2.75, 3.05) is 13.2 Å². The summed E-state index contributed by atoms with van der Waals surface area (Å²) in [5.41, 5.74) is 0. The molecule has 0 aromatic carbocycles. The zero-order chi connectivity index (χ0) is 13.0. The molecule has 2 heteroatoms. The maximum atomic E-state index is 6.05. The molecule has 0 aromatic rings. The molecule has 2 nitrogen and oxygen atoms in total. The van der Waals surface area contributed by atoms with Crippen molar-refractivity contribution < 1.29 is 4.74 Å². The molecule has 0 spiro atoms. The van der Waals surface area contributed by atoms with E-state index in [1.165, 1.54) is 38.5 Å². The van der Waals surface area contributed by atoms with Crippen LogP contribution in [0.5, 0.6) is 0 Å². The van der Waals surface area contributed by atoms with Gasteiger partial charge in [-0.15, -0.1) is 0 Å². The molecule has 5 atom stereocenters. The largest absolute Gasteiger partial charge is 0.377 e. The highest BCUT2D eigenvalue weighted by Gasteiger charge is 2.44. The topological polar surface area (TPSA) is 21.3 Å². The van der Waals surface area contributed by atoms with Crippen LogP contribution in [0.1, 0.15) is 59.3 Å². The van der Waals surface area contributed by atoms with Crippen LogP contribution in [-0.2, 0) is 4.74 Å². The minimum atomic E-state index is 0.435. The third-order valence-electron chi connectivity index (χ3n) is 5.05. The molecular formula is C16H31NO. The second-order valence-corrected chi connectivity index (χ2v) is 6.20. The lowest BCUT2D eigenvalue weighted by Gasteiger charge is -2.36. The van der Waals surface area contributed by atoms with Crippen molar-refractivity contribution >= 4 is 0 Å². The van der Waals surface area contributed by atoms with E-state index < -0.39 is 0 Å². The summed E-state index contributed by atoms with van der Waals surface area (Å²) in [6, 6.07) is 0.602. The van der Waals surface area contributed by atoms with Gasteiger partial charge in [0.1, 0.15) is 0 Å². The predicted molar refractivity (Wildman–Crippen MR) is 76.7 cm³/mol. The molecule has 0 saturated heterocycles. The molecule has 2 bridgehead atoms. The molecule has 2 saturated carbocycles. The fourth-order valence-electron chi connectivity index (χ4n) is 4.39. The van der Waals surface area contributed by atoms with E-state index in [2.05, 4.69) is 26.1 Å². The van der Waals surface area contributed by atoms with Crippen LogP contribution in [0.25, 0.3) is 0 Å². The maximum absolute atomic E-state index is 6.05. The average molecular weight is 253 g/mol. The molecule has 18 heavy (non-hydrogen) atoms. The number of hydrogen-bond donors (Lipinski definition) is 1. The lowest BCUT2D eigenvalue weighted by molar-refractivity contribution is 0.00330. The van der Waals surface area contributed by atoms with Crippen LogP contribution < -0.4 is 5.32 Å². The average Bonchev–Trinajstić information content (AvgIpc) is 2.98. The molecule has 0 amide bonds. The Labute approximate surface area is 113 Å². The van der Waals surface area contributed by atoms with Crippen LogP contribution in [0.4, 0.5) is 0 Å². The molecule has 2 rings (SSSR count). The predicted octanol–water partition coefficient (Wildman–Crippen LogP) is 3.61. The van der Waals surface area contributed by atoms with E-state index in [1.807, 2.05) is 0 Å². The SMILES string of the molecule is CCCC(OCC)C(NCC)C1CC2CCC1C2. The van der Waals surface area contributed by atoms with Crippen molar-refractivity contribution in [3.05, 3.63) is 0 Å². The molecule has 2 aliphatic rings. The highest BCUT2D eigenvalue weighted by Crippen LogP contribution is 2.50. The monoisotopic (exact) mass is 253 g/mol. The number of likely N-dealkylation sites (N-methyl/N-ethyl adjacent to an activating group) is 1. The second kappa shape index (κ2) is 6.91. The Kier molecular flexibility index (Phi) is 5.50. The van der Waals surface area contributed by atoms with Gasteiger partial charge >= 0.3 is 0 Å². The highest BCUT2D eigenvalue weighted by atomic mass is 16.5. The number of fused-ring (bicyclic) bond motifs is 2. The van der Waals surface area contributed by atoms with Gasteiger partial charge in [0.15, 0.2) is 0 Å². The van der Waals surface area contributed by atoms with E-state index in [-0.39, 0.29) is 0 Å². The molecule has 2 aliphatic carbocycles. The van der Waals surface area contributed by atoms with E-state index in [0.29, 0.717) is 12.1 Å². The Hall–Kier alpha value is -0.0800. The first-order chi connectivity index (χ1) is 8.80. The first kappa shape index (κ1) is 14.3. The van der Waals surface area contributed by atoms with Crippen molar-refractivity contribution in [2.45, 2.75) is 71.4 Å². The smallest absolute Gasteiger partial charge is 0.0730 e. The van der Waals surface area contributed by atoms with Crippen molar-refractivity contribution in [3.63, 3.8) is 0 Å². The zero-order valence-electron chi connectivity index (χ0n) is 12.5. The van der Waals surface area contributed by atoms with Crippen LogP contribution in [0.3, 0.4) is 0 Å². The Morgan fingerprint density at radius 1 is 1.17 bits per heavy atom. The Morgan fingerprint density at radius 3 is 2.50 bits per heavy atom. The van der Waals surface area contributed by atoms with Gasteiger partial charge in [0.05, 0.1) is 6.10 Å². The number of ether oxygens (including phenoxy) is 1. The van der Waals surface area contributed by atoms with Crippen LogP contribution >= 0.6 is 0 Å². The van der Waals surface area contributed by atoms with Crippen LogP contribution in [-0.4, -0.2) is 25.3 Å². The van der Waals surface area contributed by atoms with E-state index in [4.69, 9.17) is 4.74 Å². The minimum absolute atomic E-state index is 0.435. The van der Waals surface area contributed by atoms with Crippen molar-refractivity contribution in [1.29, 1.82) is 0 Å². The molecule has 106 valence electrons. The summed E-state index contributed by atoms with van der Waals surface area (Å²) < 4.78 is 6.05. The molecule has 0 heterocycles. The number of nitrogens with one attached hydrogen (secondary N) is 1. The fraction of sp³-hybridized carbons (Fsp3) is 1.00. The second-order valence-electron chi connectivity index (χ2n) is 6.20. The van der Waals surface area contributed by atoms with Gasteiger partial charge in [0.2, 0.25) is 0 Å². The zero-order valence-corrected chi connectivity index (χ0v) is 12.5. The summed E-state index contributed by atoms with van der Waals surface area (Å²) in [7, 11) is 0. The number of rotatable bonds is 8. The Bertz CT molecular complexity index is 237. The third-order valence-corrected chi connectivity index (χ3v) is 5.05. The van der Waals surface area contributed by atoms with Gasteiger partial charge in [0, 0.05) is 12.6 Å². The normalized spacial score (nSPS) is 33.8. The standard InChI is InChI=1S/C16H31NO/c1-4-7-15(18-6-3)16(17-5-2)14-11-12-8-9-13(14)10-12/h12-17H,4-11H2,1-3H3. The van der Waals surface area contributed by atoms with E-state index in [9.17, 15) is 0 Å². The first-order valence-electron chi connectivity index (χ1n) is 8.15. The van der Waals surface area contributed by atoms with Gasteiger partial charge in [-0.3, -0.25) is 0 Å². The molecule has 0 radical (unpaired) electrons. The van der Waals surface area contributed by atoms with Crippen molar-refractivity contribution in [2.24, 2.45) is 17.8 Å². The summed E-state index contributed by atoms with van der Waals surface area (Å²) in [4.78, 5) is 0. The molecule has 0 aromatic heterocycles. The summed E-state index contributed by atoms with van der Waals surface area (Å²) >= 11 is 0. The van der Waals surface area contributed by atoms with Crippen LogP contribution in [0.2, 0.25) is 0 Å². The van der Waals surface area contributed by atoms with E-state index in [0.717, 1.165) is 30.9 Å². The number of hydrogen-bond acceptors (Lipinski definition) is 2. The molecule has 2 fully saturated rings. The highest BCUT2D eigenvalue weighted by molar-refractivity contribution is 4.97. The van der Waals surface area contributed by atoms with Gasteiger partial charge in [-0.1, -0.05) is 26.7 Å². The Balaban J connectivity index is 2.00. The summed E-state index contributed by atoms with van der Waals surface area (Å²) in [6.07, 6.45) is 8.79. The third kappa shape index (κ3) is 3.08. The maximum Gasteiger partial charge on any atom is 0.0730 e. The lowest BCUT2D eigenvalue weighted by Crippen LogP contribution is -2.48. The van der Waals surface area contributed by atoms with Gasteiger partial charge < -0.3 is 10.1 Å². The van der Waals surface area contributed by atoms with Crippen LogP contribution in [0, 0.1) is 17.8 Å². The van der Waals surface area contributed by atoms with Gasteiger partial charge in [0.25, 0.3) is 0 Å². The summed E-state index contributed by atoms with van der Waals surface area (Å²) in [5.74, 6) is 2.90. The van der Waals surface area contributed by atoms with Crippen LogP contribution in [0.15, 0.2) is 0 Å². The van der Waals surface area contributed by atoms with Gasteiger partial charge in [-0.05, 0) is 56.9 Å². The molecule has 0 aliphatic heterocycles. The quantitative estimate of drug-likeness (QED) is 0.713. The lowest BCUT2D eigenvalue weighted by atomic mass is 9.80. The fourth-order valence-corrected chi connectivity index (χ4v) is 4.39. The van der Waals surface area contributed by atoms with Gasteiger partial charge in [-0.2, -0.15) is 0 Å². The summed E-state index contributed by atoms with van der Waals surface area (Å²) in [5, 5.41) is 3.75. The first-order valence-corrected chi connectivity index (χ1v) is 8.15. The van der Waals surface area contributed by atoms with Crippen molar-refractivity contribution in [1.82, 2.24) is 5.32 Å². The Morgan fingerprint density at radius 2 is 2.00 bits per heavy atom. The molecule has 1 N–H and O–H groups in total. The van der Waals surface area contributed by atoms with Crippen molar-refractivity contribution in [3.8, 4) is 0 Å². The van der Waals surface area contributed by atoms with Gasteiger partial charge in [-0.25, -0.2) is 0 Å². The minimum Gasteiger partial charge on any atom is -0.377 e. The summed E-state index contributed by atoms with van der Waals surface area (Å²) in [6.45, 7) is 8.57. The molecular weight excluding hydrogens is 222 g/mol. The molecule has 5 unspecified atom stereocenters. The van der Waals surface area contributed by atoms with E-state index >= 15 is 0 Å².